The van der Waals surface area contributed by atoms with Gasteiger partial charge in [-0.05, 0) is 70.5 Å². The molecular weight excluding hydrogens is 440 g/mol. The number of rotatable bonds is 8. The molecule has 184 valence electrons. The molecule has 1 fully saturated rings. The fourth-order valence-corrected chi connectivity index (χ4v) is 4.44. The zero-order chi connectivity index (χ0) is 25.0. The van der Waals surface area contributed by atoms with Crippen molar-refractivity contribution in [3.63, 3.8) is 0 Å². The molecule has 3 aromatic rings. The average Bonchev–Trinajstić information content (AvgIpc) is 3.20. The zero-order valence-corrected chi connectivity index (χ0v) is 21.0. The van der Waals surface area contributed by atoms with E-state index < -0.39 is 0 Å². The molecule has 35 heavy (non-hydrogen) atoms. The molecule has 0 aliphatic carbocycles. The van der Waals surface area contributed by atoms with Crippen LogP contribution in [0.1, 0.15) is 57.8 Å². The van der Waals surface area contributed by atoms with Crippen molar-refractivity contribution in [1.29, 1.82) is 0 Å². The Morgan fingerprint density at radius 1 is 1.03 bits per heavy atom. The normalized spacial score (nSPS) is 19.6. The molecule has 1 amide bonds. The molecule has 4 atom stereocenters. The van der Waals surface area contributed by atoms with Crippen LogP contribution in [0.4, 0.5) is 5.95 Å². The highest BCUT2D eigenvalue weighted by atomic mass is 16.5. The van der Waals surface area contributed by atoms with E-state index in [0.29, 0.717) is 18.2 Å². The van der Waals surface area contributed by atoms with Crippen LogP contribution in [0.5, 0.6) is 11.5 Å². The molecule has 2 heterocycles. The predicted molar refractivity (Wildman–Crippen MR) is 137 cm³/mol. The molecule has 1 aromatic heterocycles. The van der Waals surface area contributed by atoms with Crippen LogP contribution in [-0.4, -0.2) is 34.1 Å². The van der Waals surface area contributed by atoms with E-state index in [1.807, 2.05) is 95.3 Å². The number of nitrogens with one attached hydrogen (secondary N) is 2. The average molecular weight is 475 g/mol. The second-order valence-corrected chi connectivity index (χ2v) is 9.98. The minimum atomic E-state index is -0.381. The minimum absolute atomic E-state index is 0.00582. The summed E-state index contributed by atoms with van der Waals surface area (Å²) in [5.41, 5.74) is 1.44. The zero-order valence-electron chi connectivity index (χ0n) is 21.0. The van der Waals surface area contributed by atoms with Crippen LogP contribution in [0.25, 0.3) is 0 Å². The van der Waals surface area contributed by atoms with Crippen molar-refractivity contribution in [2.45, 2.75) is 58.3 Å². The van der Waals surface area contributed by atoms with Gasteiger partial charge in [0.2, 0.25) is 11.9 Å². The first-order valence-electron chi connectivity index (χ1n) is 12.1. The number of aromatic nitrogens is 2. The first kappa shape index (κ1) is 24.7. The lowest BCUT2D eigenvalue weighted by Gasteiger charge is -2.30. The van der Waals surface area contributed by atoms with E-state index in [2.05, 4.69) is 15.6 Å². The summed E-state index contributed by atoms with van der Waals surface area (Å²) in [6.45, 7) is 10.7. The van der Waals surface area contributed by atoms with Crippen LogP contribution in [0.2, 0.25) is 0 Å². The fraction of sp³-hybridized carbons (Fsp3) is 0.393. The number of nitrogens with zero attached hydrogens (tertiary/aromatic N) is 2. The smallest absolute Gasteiger partial charge is 0.229 e. The number of anilines is 1. The van der Waals surface area contributed by atoms with Gasteiger partial charge in [-0.1, -0.05) is 30.3 Å². The summed E-state index contributed by atoms with van der Waals surface area (Å²) in [5.74, 6) is 1.61. The molecule has 1 aliphatic heterocycles. The van der Waals surface area contributed by atoms with Gasteiger partial charge in [0, 0.05) is 18.7 Å². The Kier molecular flexibility index (Phi) is 7.36. The maximum atomic E-state index is 12.7. The van der Waals surface area contributed by atoms with Crippen LogP contribution in [-0.2, 0) is 9.53 Å². The van der Waals surface area contributed by atoms with Gasteiger partial charge in [-0.25, -0.2) is 9.97 Å². The number of hydrogen-bond acceptors (Lipinski definition) is 6. The predicted octanol–water partition coefficient (Wildman–Crippen LogP) is 5.48. The summed E-state index contributed by atoms with van der Waals surface area (Å²) in [6.07, 6.45) is 1.60. The highest BCUT2D eigenvalue weighted by Gasteiger charge is 2.41. The van der Waals surface area contributed by atoms with Crippen LogP contribution >= 0.6 is 0 Å². The Balaban J connectivity index is 1.48. The fourth-order valence-electron chi connectivity index (χ4n) is 4.44. The summed E-state index contributed by atoms with van der Waals surface area (Å²) in [6, 6.07) is 19.4. The monoisotopic (exact) mass is 474 g/mol. The molecule has 0 saturated carbocycles. The molecule has 2 aromatic carbocycles. The Labute approximate surface area is 207 Å². The highest BCUT2D eigenvalue weighted by molar-refractivity contribution is 5.85. The number of hydrogen-bond donors (Lipinski definition) is 2. The summed E-state index contributed by atoms with van der Waals surface area (Å²) in [5, 5.41) is 6.35. The molecule has 7 nitrogen and oxygen atoms in total. The van der Waals surface area contributed by atoms with E-state index in [-0.39, 0.29) is 35.5 Å². The standard InChI is InChI=1S/C28H34N4O3/c1-18(20-10-9-13-22(16-20)34-21-11-7-6-8-12-21)31-27-29-15-14-24(32-27)25-23(17-30-26(25)33)19(2)35-28(3,4)5/h6-16,18-19,23,25H,17H2,1-5H3,(H,30,33)(H,29,31,32)/t18-,19+,23?,25+/m0/s1. The third-order valence-electron chi connectivity index (χ3n) is 6.04. The Hall–Kier alpha value is -3.45. The molecule has 1 unspecified atom stereocenters. The minimum Gasteiger partial charge on any atom is -0.457 e. The number of carbonyl (C=O) groups is 1. The number of para-hydroxylation sites is 1. The Morgan fingerprint density at radius 3 is 2.51 bits per heavy atom. The van der Waals surface area contributed by atoms with Crippen LogP contribution < -0.4 is 15.4 Å². The second kappa shape index (κ2) is 10.4. The van der Waals surface area contributed by atoms with Crippen LogP contribution in [0.3, 0.4) is 0 Å². The van der Waals surface area contributed by atoms with E-state index in [4.69, 9.17) is 14.5 Å². The molecular formula is C28H34N4O3. The van der Waals surface area contributed by atoms with Crippen LogP contribution in [0, 0.1) is 5.92 Å². The molecule has 7 heteroatoms. The first-order chi connectivity index (χ1) is 16.7. The highest BCUT2D eigenvalue weighted by Crippen LogP contribution is 2.34. The van der Waals surface area contributed by atoms with Crippen molar-refractivity contribution >= 4 is 11.9 Å². The SMILES string of the molecule is C[C@H](Nc1nccc([C@@H]2C(=O)NCC2[C@@H](C)OC(C)(C)C)n1)c1cccc(Oc2ccccc2)c1. The molecule has 0 bridgehead atoms. The van der Waals surface area contributed by atoms with Crippen molar-refractivity contribution < 1.29 is 14.3 Å². The summed E-state index contributed by atoms with van der Waals surface area (Å²) >= 11 is 0. The quantitative estimate of drug-likeness (QED) is 0.450. The molecule has 0 spiro atoms. The summed E-state index contributed by atoms with van der Waals surface area (Å²) in [4.78, 5) is 21.9. The van der Waals surface area contributed by atoms with Gasteiger partial charge in [0.15, 0.2) is 0 Å². The lowest BCUT2D eigenvalue weighted by Crippen LogP contribution is -2.34. The van der Waals surface area contributed by atoms with Gasteiger partial charge in [-0.2, -0.15) is 0 Å². The van der Waals surface area contributed by atoms with Gasteiger partial charge in [0.05, 0.1) is 29.4 Å². The number of ether oxygens (including phenoxy) is 2. The lowest BCUT2D eigenvalue weighted by molar-refractivity contribution is -0.122. The first-order valence-corrected chi connectivity index (χ1v) is 12.1. The third-order valence-corrected chi connectivity index (χ3v) is 6.04. The molecule has 2 N–H and O–H groups in total. The van der Waals surface area contributed by atoms with Gasteiger partial charge in [0.1, 0.15) is 11.5 Å². The second-order valence-electron chi connectivity index (χ2n) is 9.98. The molecule has 1 saturated heterocycles. The van der Waals surface area contributed by atoms with E-state index in [1.54, 1.807) is 6.20 Å². The van der Waals surface area contributed by atoms with Crippen molar-refractivity contribution in [1.82, 2.24) is 15.3 Å². The molecule has 4 rings (SSSR count). The molecule has 0 radical (unpaired) electrons. The number of benzene rings is 2. The Morgan fingerprint density at radius 2 is 1.77 bits per heavy atom. The van der Waals surface area contributed by atoms with Crippen molar-refractivity contribution in [3.05, 3.63) is 78.1 Å². The van der Waals surface area contributed by atoms with Crippen LogP contribution in [0.15, 0.2) is 66.9 Å². The Bertz CT molecular complexity index is 1150. The van der Waals surface area contributed by atoms with E-state index in [0.717, 1.165) is 17.1 Å². The van der Waals surface area contributed by atoms with Crippen molar-refractivity contribution in [3.8, 4) is 11.5 Å². The van der Waals surface area contributed by atoms with E-state index in [9.17, 15) is 4.79 Å². The van der Waals surface area contributed by atoms with Gasteiger partial charge < -0.3 is 20.1 Å². The lowest BCUT2D eigenvalue weighted by atomic mass is 9.88. The van der Waals surface area contributed by atoms with Crippen molar-refractivity contribution in [2.75, 3.05) is 11.9 Å². The topological polar surface area (TPSA) is 85.4 Å². The summed E-state index contributed by atoms with van der Waals surface area (Å²) < 4.78 is 12.1. The maximum absolute atomic E-state index is 12.7. The van der Waals surface area contributed by atoms with Crippen molar-refractivity contribution in [2.24, 2.45) is 5.92 Å². The van der Waals surface area contributed by atoms with Gasteiger partial charge >= 0.3 is 0 Å². The molecule has 1 aliphatic rings. The largest absolute Gasteiger partial charge is 0.457 e. The third kappa shape index (κ3) is 6.36. The van der Waals surface area contributed by atoms with E-state index >= 15 is 0 Å². The van der Waals surface area contributed by atoms with Gasteiger partial charge in [-0.3, -0.25) is 4.79 Å². The number of amides is 1. The van der Waals surface area contributed by atoms with Gasteiger partial charge in [0.25, 0.3) is 0 Å². The number of carbonyl (C=O) groups excluding carboxylic acids is 1. The summed E-state index contributed by atoms with van der Waals surface area (Å²) in [7, 11) is 0. The van der Waals surface area contributed by atoms with E-state index in [1.165, 1.54) is 0 Å². The maximum Gasteiger partial charge on any atom is 0.229 e. The van der Waals surface area contributed by atoms with Gasteiger partial charge in [-0.15, -0.1) is 0 Å².